The fourth-order valence-electron chi connectivity index (χ4n) is 1.61. The van der Waals surface area contributed by atoms with Crippen LogP contribution >= 0.6 is 34.5 Å². The van der Waals surface area contributed by atoms with Crippen LogP contribution in [0.2, 0.25) is 10.0 Å². The van der Waals surface area contributed by atoms with Crippen LogP contribution in [0.1, 0.15) is 0 Å². The van der Waals surface area contributed by atoms with Crippen LogP contribution in [0.3, 0.4) is 0 Å². The van der Waals surface area contributed by atoms with Crippen molar-refractivity contribution in [3.05, 3.63) is 46.0 Å². The molecule has 3 aromatic rings. The molecule has 1 aromatic carbocycles. The van der Waals surface area contributed by atoms with Gasteiger partial charge in [0.25, 0.3) is 0 Å². The zero-order valence-corrected chi connectivity index (χ0v) is 11.4. The third-order valence-electron chi connectivity index (χ3n) is 2.45. The maximum Gasteiger partial charge on any atom is 0.142 e. The zero-order valence-electron chi connectivity index (χ0n) is 9.02. The summed E-state index contributed by atoms with van der Waals surface area (Å²) in [6, 6.07) is 7.27. The molecule has 18 heavy (non-hydrogen) atoms. The lowest BCUT2D eigenvalue weighted by Gasteiger charge is -2.08. The monoisotopic (exact) mass is 295 g/mol. The molecule has 1 N–H and O–H groups in total. The van der Waals surface area contributed by atoms with E-state index in [1.54, 1.807) is 23.5 Å². The molecule has 0 bridgehead atoms. The van der Waals surface area contributed by atoms with Gasteiger partial charge in [0.15, 0.2) is 0 Å². The summed E-state index contributed by atoms with van der Waals surface area (Å²) >= 11 is 13.6. The molecule has 0 aliphatic heterocycles. The van der Waals surface area contributed by atoms with Crippen LogP contribution in [0.5, 0.6) is 0 Å². The molecule has 90 valence electrons. The number of nitrogens with zero attached hydrogens (tertiary/aromatic N) is 2. The summed E-state index contributed by atoms with van der Waals surface area (Å²) in [5, 5.41) is 7.32. The smallest absolute Gasteiger partial charge is 0.142 e. The Kier molecular flexibility index (Phi) is 3.07. The highest BCUT2D eigenvalue weighted by Gasteiger charge is 2.07. The standard InChI is InChI=1S/C12H7Cl2N3S/c13-7-1-2-10(9(14)5-7)17-11-8-3-4-18-12(8)16-6-15-11/h1-6H,(H,15,16,17). The van der Waals surface area contributed by atoms with E-state index >= 15 is 0 Å². The van der Waals surface area contributed by atoms with E-state index < -0.39 is 0 Å². The Hall–Kier alpha value is -1.36. The van der Waals surface area contributed by atoms with Crippen molar-refractivity contribution in [3.63, 3.8) is 0 Å². The highest BCUT2D eigenvalue weighted by atomic mass is 35.5. The van der Waals surface area contributed by atoms with Crippen molar-refractivity contribution < 1.29 is 0 Å². The van der Waals surface area contributed by atoms with Crippen LogP contribution in [0.15, 0.2) is 36.0 Å². The number of hydrogen-bond acceptors (Lipinski definition) is 4. The molecule has 0 aliphatic carbocycles. The molecule has 2 heterocycles. The van der Waals surface area contributed by atoms with Gasteiger partial charge in [0.2, 0.25) is 0 Å². The molecule has 0 aliphatic rings. The number of benzene rings is 1. The van der Waals surface area contributed by atoms with Gasteiger partial charge in [-0.25, -0.2) is 9.97 Å². The zero-order chi connectivity index (χ0) is 12.5. The molecule has 0 saturated carbocycles. The number of hydrogen-bond donors (Lipinski definition) is 1. The van der Waals surface area contributed by atoms with Crippen molar-refractivity contribution in [2.75, 3.05) is 5.32 Å². The SMILES string of the molecule is Clc1ccc(Nc2ncnc3sccc23)c(Cl)c1. The summed E-state index contributed by atoms with van der Waals surface area (Å²) in [5.74, 6) is 0.741. The van der Waals surface area contributed by atoms with E-state index in [1.807, 2.05) is 17.5 Å². The maximum absolute atomic E-state index is 6.12. The van der Waals surface area contributed by atoms with Crippen molar-refractivity contribution in [2.24, 2.45) is 0 Å². The van der Waals surface area contributed by atoms with E-state index in [9.17, 15) is 0 Å². The first-order valence-corrected chi connectivity index (χ1v) is 6.78. The molecular weight excluding hydrogens is 289 g/mol. The molecule has 2 aromatic heterocycles. The maximum atomic E-state index is 6.12. The second-order valence-electron chi connectivity index (χ2n) is 3.61. The van der Waals surface area contributed by atoms with Crippen LogP contribution in [-0.2, 0) is 0 Å². The van der Waals surface area contributed by atoms with Gasteiger partial charge >= 0.3 is 0 Å². The predicted molar refractivity (Wildman–Crippen MR) is 77.2 cm³/mol. The van der Waals surface area contributed by atoms with Gasteiger partial charge in [-0.2, -0.15) is 0 Å². The molecule has 3 nitrogen and oxygen atoms in total. The molecule has 0 radical (unpaired) electrons. The summed E-state index contributed by atoms with van der Waals surface area (Å²) in [6.07, 6.45) is 1.53. The first kappa shape index (κ1) is 11.7. The molecule has 3 rings (SSSR count). The van der Waals surface area contributed by atoms with Crippen LogP contribution in [0.4, 0.5) is 11.5 Å². The molecule has 0 saturated heterocycles. The van der Waals surface area contributed by atoms with Gasteiger partial charge in [-0.3, -0.25) is 0 Å². The quantitative estimate of drug-likeness (QED) is 0.742. The second-order valence-corrected chi connectivity index (χ2v) is 5.35. The molecule has 6 heteroatoms. The molecule has 0 amide bonds. The Bertz CT molecular complexity index is 711. The van der Waals surface area contributed by atoms with E-state index in [0.29, 0.717) is 10.0 Å². The van der Waals surface area contributed by atoms with E-state index in [0.717, 1.165) is 21.7 Å². The van der Waals surface area contributed by atoms with Gasteiger partial charge in [-0.05, 0) is 29.6 Å². The Balaban J connectivity index is 2.03. The van der Waals surface area contributed by atoms with Gasteiger partial charge in [-0.1, -0.05) is 23.2 Å². The van der Waals surface area contributed by atoms with E-state index in [-0.39, 0.29) is 0 Å². The number of thiophene rings is 1. The fourth-order valence-corrected chi connectivity index (χ4v) is 2.80. The summed E-state index contributed by atoms with van der Waals surface area (Å²) in [4.78, 5) is 9.37. The topological polar surface area (TPSA) is 37.8 Å². The molecule has 0 spiro atoms. The number of anilines is 2. The number of rotatable bonds is 2. The third-order valence-corrected chi connectivity index (χ3v) is 3.81. The normalized spacial score (nSPS) is 10.8. The summed E-state index contributed by atoms with van der Waals surface area (Å²) < 4.78 is 0. The average Bonchev–Trinajstić information content (AvgIpc) is 2.82. The van der Waals surface area contributed by atoms with Crippen molar-refractivity contribution in [1.29, 1.82) is 0 Å². The fraction of sp³-hybridized carbons (Fsp3) is 0. The first-order valence-electron chi connectivity index (χ1n) is 5.14. The van der Waals surface area contributed by atoms with Crippen LogP contribution in [0, 0.1) is 0 Å². The third kappa shape index (κ3) is 2.14. The van der Waals surface area contributed by atoms with E-state index in [1.165, 1.54) is 6.33 Å². The minimum Gasteiger partial charge on any atom is -0.338 e. The molecular formula is C12H7Cl2N3S. The second kappa shape index (κ2) is 4.72. The van der Waals surface area contributed by atoms with Gasteiger partial charge in [0.1, 0.15) is 17.0 Å². The lowest BCUT2D eigenvalue weighted by atomic mass is 10.3. The Morgan fingerprint density at radius 3 is 2.83 bits per heavy atom. The van der Waals surface area contributed by atoms with Crippen molar-refractivity contribution in [1.82, 2.24) is 9.97 Å². The lowest BCUT2D eigenvalue weighted by Crippen LogP contribution is -1.95. The van der Waals surface area contributed by atoms with E-state index in [2.05, 4.69) is 15.3 Å². The van der Waals surface area contributed by atoms with Crippen LogP contribution in [-0.4, -0.2) is 9.97 Å². The largest absolute Gasteiger partial charge is 0.338 e. The van der Waals surface area contributed by atoms with Gasteiger partial charge < -0.3 is 5.32 Å². The number of aromatic nitrogens is 2. The van der Waals surface area contributed by atoms with Crippen molar-refractivity contribution >= 4 is 56.3 Å². The summed E-state index contributed by atoms with van der Waals surface area (Å²) in [5.41, 5.74) is 0.771. The van der Waals surface area contributed by atoms with Crippen molar-refractivity contribution in [2.45, 2.75) is 0 Å². The molecule has 0 atom stereocenters. The van der Waals surface area contributed by atoms with Crippen molar-refractivity contribution in [3.8, 4) is 0 Å². The minimum atomic E-state index is 0.560. The Morgan fingerprint density at radius 2 is 2.00 bits per heavy atom. The number of fused-ring (bicyclic) bond motifs is 1. The highest BCUT2D eigenvalue weighted by Crippen LogP contribution is 2.31. The summed E-state index contributed by atoms with van der Waals surface area (Å²) in [6.45, 7) is 0. The minimum absolute atomic E-state index is 0.560. The lowest BCUT2D eigenvalue weighted by molar-refractivity contribution is 1.23. The Labute approximate surface area is 117 Å². The molecule has 0 fully saturated rings. The Morgan fingerprint density at radius 1 is 1.11 bits per heavy atom. The first-order chi connectivity index (χ1) is 8.74. The van der Waals surface area contributed by atoms with E-state index in [4.69, 9.17) is 23.2 Å². The average molecular weight is 296 g/mol. The predicted octanol–water partition coefficient (Wildman–Crippen LogP) is 4.74. The van der Waals surface area contributed by atoms with Crippen LogP contribution in [0.25, 0.3) is 10.2 Å². The van der Waals surface area contributed by atoms with Gasteiger partial charge in [0, 0.05) is 5.02 Å². The van der Waals surface area contributed by atoms with Gasteiger partial charge in [-0.15, -0.1) is 11.3 Å². The highest BCUT2D eigenvalue weighted by molar-refractivity contribution is 7.16. The number of nitrogens with one attached hydrogen (secondary N) is 1. The summed E-state index contributed by atoms with van der Waals surface area (Å²) in [7, 11) is 0. The van der Waals surface area contributed by atoms with Gasteiger partial charge in [0.05, 0.1) is 16.1 Å². The number of halogens is 2. The molecule has 0 unspecified atom stereocenters. The van der Waals surface area contributed by atoms with Crippen LogP contribution < -0.4 is 5.32 Å².